The number of carbonyl (C=O) groups excluding carboxylic acids is 2. The summed E-state index contributed by atoms with van der Waals surface area (Å²) in [5.74, 6) is -1.02. The second-order valence-electron chi connectivity index (χ2n) is 6.91. The number of benzene rings is 2. The summed E-state index contributed by atoms with van der Waals surface area (Å²) in [7, 11) is 1.62. The number of ketones is 1. The van der Waals surface area contributed by atoms with Crippen LogP contribution in [0.5, 0.6) is 5.75 Å². The lowest BCUT2D eigenvalue weighted by Crippen LogP contribution is -2.34. The SMILES string of the molecule is CCOC(=O)[C@H]1C(=O)C=C(c2ccccc2OC)C[C@@H]1c1ccc(CC)cc1. The molecule has 0 saturated heterocycles. The second kappa shape index (κ2) is 8.87. The van der Waals surface area contributed by atoms with Gasteiger partial charge in [-0.05, 0) is 48.6 Å². The third kappa shape index (κ3) is 4.01. The van der Waals surface area contributed by atoms with E-state index in [-0.39, 0.29) is 18.3 Å². The molecule has 146 valence electrons. The minimum absolute atomic E-state index is 0.213. The summed E-state index contributed by atoms with van der Waals surface area (Å²) < 4.78 is 10.7. The molecule has 1 aliphatic carbocycles. The molecule has 0 spiro atoms. The number of esters is 1. The Morgan fingerprint density at radius 1 is 1.07 bits per heavy atom. The Balaban J connectivity index is 2.04. The summed E-state index contributed by atoms with van der Waals surface area (Å²) >= 11 is 0. The van der Waals surface area contributed by atoms with Crippen molar-refractivity contribution in [2.24, 2.45) is 5.92 Å². The topological polar surface area (TPSA) is 52.6 Å². The molecule has 2 atom stereocenters. The number of hydrogen-bond donors (Lipinski definition) is 0. The van der Waals surface area contributed by atoms with Crippen LogP contribution in [0.2, 0.25) is 0 Å². The van der Waals surface area contributed by atoms with Crippen LogP contribution in [0.15, 0.2) is 54.6 Å². The van der Waals surface area contributed by atoms with Crippen LogP contribution in [0.3, 0.4) is 0 Å². The highest BCUT2D eigenvalue weighted by atomic mass is 16.5. The molecule has 0 radical (unpaired) electrons. The van der Waals surface area contributed by atoms with Gasteiger partial charge in [0.15, 0.2) is 5.78 Å². The lowest BCUT2D eigenvalue weighted by atomic mass is 9.73. The molecular formula is C24H26O4. The van der Waals surface area contributed by atoms with Crippen molar-refractivity contribution in [1.29, 1.82) is 0 Å². The van der Waals surface area contributed by atoms with Gasteiger partial charge in [-0.25, -0.2) is 0 Å². The van der Waals surface area contributed by atoms with Crippen LogP contribution in [0.25, 0.3) is 5.57 Å². The molecule has 2 aromatic carbocycles. The molecule has 4 heteroatoms. The highest BCUT2D eigenvalue weighted by molar-refractivity contribution is 6.11. The Labute approximate surface area is 166 Å². The first-order chi connectivity index (χ1) is 13.6. The summed E-state index contributed by atoms with van der Waals surface area (Å²) in [6.07, 6.45) is 3.09. The van der Waals surface area contributed by atoms with Crippen LogP contribution in [0.1, 0.15) is 42.9 Å². The van der Waals surface area contributed by atoms with Crippen LogP contribution in [-0.4, -0.2) is 25.5 Å². The lowest BCUT2D eigenvalue weighted by Gasteiger charge is -2.30. The van der Waals surface area contributed by atoms with Gasteiger partial charge in [0.05, 0.1) is 13.7 Å². The molecule has 0 N–H and O–H groups in total. The standard InChI is InChI=1S/C24H26O4/c1-4-16-10-12-17(13-11-16)20-14-18(19-8-6-7-9-22(19)27-3)15-21(25)23(20)24(26)28-5-2/h6-13,15,20,23H,4-5,14H2,1-3H3/t20-,23-/m1/s1. The van der Waals surface area contributed by atoms with E-state index in [4.69, 9.17) is 9.47 Å². The van der Waals surface area contributed by atoms with Crippen LogP contribution in [-0.2, 0) is 20.7 Å². The predicted octanol–water partition coefficient (Wildman–Crippen LogP) is 4.58. The smallest absolute Gasteiger partial charge is 0.317 e. The van der Waals surface area contributed by atoms with Gasteiger partial charge < -0.3 is 9.47 Å². The number of aryl methyl sites for hydroxylation is 1. The zero-order chi connectivity index (χ0) is 20.1. The third-order valence-corrected chi connectivity index (χ3v) is 5.27. The first-order valence-electron chi connectivity index (χ1n) is 9.72. The highest BCUT2D eigenvalue weighted by Gasteiger charge is 2.40. The Morgan fingerprint density at radius 3 is 2.43 bits per heavy atom. The minimum atomic E-state index is -0.814. The van der Waals surface area contributed by atoms with E-state index in [9.17, 15) is 9.59 Å². The molecule has 0 aliphatic heterocycles. The summed E-state index contributed by atoms with van der Waals surface area (Å²) in [6.45, 7) is 4.11. The van der Waals surface area contributed by atoms with Gasteiger partial charge in [0.2, 0.25) is 0 Å². The maximum atomic E-state index is 13.0. The Morgan fingerprint density at radius 2 is 1.79 bits per heavy atom. The van der Waals surface area contributed by atoms with E-state index in [1.165, 1.54) is 5.56 Å². The van der Waals surface area contributed by atoms with E-state index in [0.29, 0.717) is 6.42 Å². The third-order valence-electron chi connectivity index (χ3n) is 5.27. The van der Waals surface area contributed by atoms with Gasteiger partial charge in [0.25, 0.3) is 0 Å². The predicted molar refractivity (Wildman–Crippen MR) is 109 cm³/mol. The maximum Gasteiger partial charge on any atom is 0.317 e. The van der Waals surface area contributed by atoms with Crippen molar-refractivity contribution < 1.29 is 19.1 Å². The van der Waals surface area contributed by atoms with Crippen LogP contribution >= 0.6 is 0 Å². The first-order valence-corrected chi connectivity index (χ1v) is 9.72. The monoisotopic (exact) mass is 378 g/mol. The van der Waals surface area contributed by atoms with Gasteiger partial charge >= 0.3 is 5.97 Å². The highest BCUT2D eigenvalue weighted by Crippen LogP contribution is 2.42. The van der Waals surface area contributed by atoms with Crippen molar-refractivity contribution in [1.82, 2.24) is 0 Å². The number of rotatable bonds is 6. The Kier molecular flexibility index (Phi) is 6.30. The summed E-state index contributed by atoms with van der Waals surface area (Å²) in [5, 5.41) is 0. The van der Waals surface area contributed by atoms with Gasteiger partial charge in [-0.2, -0.15) is 0 Å². The van der Waals surface area contributed by atoms with Gasteiger partial charge in [0, 0.05) is 11.5 Å². The van der Waals surface area contributed by atoms with Crippen molar-refractivity contribution in [3.8, 4) is 5.75 Å². The molecular weight excluding hydrogens is 352 g/mol. The largest absolute Gasteiger partial charge is 0.496 e. The summed E-state index contributed by atoms with van der Waals surface area (Å²) in [4.78, 5) is 25.6. The average molecular weight is 378 g/mol. The molecule has 0 amide bonds. The van der Waals surface area contributed by atoms with E-state index >= 15 is 0 Å². The number of methoxy groups -OCH3 is 1. The zero-order valence-corrected chi connectivity index (χ0v) is 16.6. The molecule has 4 nitrogen and oxygen atoms in total. The van der Waals surface area contributed by atoms with E-state index in [2.05, 4.69) is 19.1 Å². The molecule has 0 aromatic heterocycles. The fraction of sp³-hybridized carbons (Fsp3) is 0.333. The molecule has 0 fully saturated rings. The van der Waals surface area contributed by atoms with Crippen LogP contribution < -0.4 is 4.74 Å². The Bertz CT molecular complexity index is 880. The van der Waals surface area contributed by atoms with E-state index in [1.807, 2.05) is 36.4 Å². The molecule has 0 bridgehead atoms. The number of hydrogen-bond acceptors (Lipinski definition) is 4. The van der Waals surface area contributed by atoms with Crippen molar-refractivity contribution >= 4 is 17.3 Å². The number of para-hydroxylation sites is 1. The number of carbonyl (C=O) groups is 2. The maximum absolute atomic E-state index is 13.0. The number of allylic oxidation sites excluding steroid dienone is 2. The second-order valence-corrected chi connectivity index (χ2v) is 6.91. The summed E-state index contributed by atoms with van der Waals surface area (Å²) in [6, 6.07) is 15.8. The Hall–Kier alpha value is -2.88. The molecule has 3 rings (SSSR count). The van der Waals surface area contributed by atoms with Gasteiger partial charge in [-0.1, -0.05) is 49.4 Å². The first kappa shape index (κ1) is 19.9. The van der Waals surface area contributed by atoms with Crippen LogP contribution in [0.4, 0.5) is 0 Å². The molecule has 0 unspecified atom stereocenters. The normalized spacial score (nSPS) is 19.1. The molecule has 0 saturated carbocycles. The lowest BCUT2D eigenvalue weighted by molar-refractivity contribution is -0.151. The fourth-order valence-corrected chi connectivity index (χ4v) is 3.79. The fourth-order valence-electron chi connectivity index (χ4n) is 3.79. The molecule has 1 aliphatic rings. The van der Waals surface area contributed by atoms with E-state index in [1.54, 1.807) is 20.1 Å². The van der Waals surface area contributed by atoms with Gasteiger partial charge in [-0.3, -0.25) is 9.59 Å². The van der Waals surface area contributed by atoms with Gasteiger partial charge in [0.1, 0.15) is 11.7 Å². The quantitative estimate of drug-likeness (QED) is 0.545. The minimum Gasteiger partial charge on any atom is -0.496 e. The number of ether oxygens (including phenoxy) is 2. The van der Waals surface area contributed by atoms with Crippen LogP contribution in [0, 0.1) is 5.92 Å². The molecule has 28 heavy (non-hydrogen) atoms. The van der Waals surface area contributed by atoms with Crippen molar-refractivity contribution in [3.05, 3.63) is 71.3 Å². The van der Waals surface area contributed by atoms with Gasteiger partial charge in [-0.15, -0.1) is 0 Å². The van der Waals surface area contributed by atoms with E-state index in [0.717, 1.165) is 28.9 Å². The molecule has 2 aromatic rings. The average Bonchev–Trinajstić information content (AvgIpc) is 2.73. The van der Waals surface area contributed by atoms with Crippen molar-refractivity contribution in [2.45, 2.75) is 32.6 Å². The zero-order valence-electron chi connectivity index (χ0n) is 16.6. The summed E-state index contributed by atoms with van der Waals surface area (Å²) in [5.41, 5.74) is 3.96. The van der Waals surface area contributed by atoms with Crippen molar-refractivity contribution in [3.63, 3.8) is 0 Å². The van der Waals surface area contributed by atoms with E-state index < -0.39 is 11.9 Å². The molecule has 0 heterocycles. The van der Waals surface area contributed by atoms with Crippen molar-refractivity contribution in [2.75, 3.05) is 13.7 Å².